The predicted molar refractivity (Wildman–Crippen MR) is 134 cm³/mol. The van der Waals surface area contributed by atoms with E-state index in [0.29, 0.717) is 43.7 Å². The molecule has 1 atom stereocenters. The number of rotatable bonds is 9. The van der Waals surface area contributed by atoms with Crippen LogP contribution < -0.4 is 19.1 Å². The van der Waals surface area contributed by atoms with Crippen LogP contribution in [-0.2, 0) is 18.0 Å². The molecular weight excluding hydrogens is 440 g/mol. The zero-order valence-electron chi connectivity index (χ0n) is 19.2. The topological polar surface area (TPSA) is 60.9 Å². The van der Waals surface area contributed by atoms with Crippen LogP contribution >= 0.6 is 0 Å². The third-order valence-electron chi connectivity index (χ3n) is 5.74. The number of amides is 1. The predicted octanol–water partition coefficient (Wildman–Crippen LogP) is 5.42. The van der Waals surface area contributed by atoms with Gasteiger partial charge in [-0.15, -0.1) is 0 Å². The largest absolute Gasteiger partial charge is 0.475 e. The summed E-state index contributed by atoms with van der Waals surface area (Å²) in [6, 6.07) is 32.8. The van der Waals surface area contributed by atoms with Crippen molar-refractivity contribution < 1.29 is 19.0 Å². The smallest absolute Gasteiger partial charge is 0.268 e. The van der Waals surface area contributed by atoms with Gasteiger partial charge < -0.3 is 19.1 Å². The van der Waals surface area contributed by atoms with Crippen LogP contribution in [0.1, 0.15) is 17.5 Å². The van der Waals surface area contributed by atoms with Crippen molar-refractivity contribution in [3.63, 3.8) is 0 Å². The van der Waals surface area contributed by atoms with Gasteiger partial charge in [0.15, 0.2) is 11.9 Å². The van der Waals surface area contributed by atoms with Crippen molar-refractivity contribution in [2.75, 3.05) is 11.4 Å². The summed E-state index contributed by atoms with van der Waals surface area (Å²) in [5, 5.41) is 0. The molecule has 6 nitrogen and oxygen atoms in total. The Morgan fingerprint density at radius 3 is 2.00 bits per heavy atom. The summed E-state index contributed by atoms with van der Waals surface area (Å²) in [6.07, 6.45) is -0.0230. The van der Waals surface area contributed by atoms with Crippen molar-refractivity contribution in [2.24, 2.45) is 0 Å². The van der Waals surface area contributed by atoms with Gasteiger partial charge in [-0.3, -0.25) is 4.79 Å². The number of carbonyl (C=O) groups is 1. The molecule has 0 saturated carbocycles. The summed E-state index contributed by atoms with van der Waals surface area (Å²) in [7, 11) is 0. The van der Waals surface area contributed by atoms with Crippen molar-refractivity contribution in [3.05, 3.63) is 114 Å². The van der Waals surface area contributed by atoms with Crippen molar-refractivity contribution >= 4 is 11.6 Å². The van der Waals surface area contributed by atoms with Crippen LogP contribution in [0, 0.1) is 0 Å². The third kappa shape index (κ3) is 5.61. The summed E-state index contributed by atoms with van der Waals surface area (Å²) in [5.41, 5.74) is 2.91. The molecule has 0 spiro atoms. The van der Waals surface area contributed by atoms with Crippen LogP contribution in [-0.4, -0.2) is 23.5 Å². The first-order valence-corrected chi connectivity index (χ1v) is 11.6. The summed E-state index contributed by atoms with van der Waals surface area (Å²) in [4.78, 5) is 19.3. The van der Waals surface area contributed by atoms with Gasteiger partial charge in [0.1, 0.15) is 13.2 Å². The SMILES string of the molecule is O=C1C(Oc2ccc(OCc3ccccc3)nc2OCc2ccccc2)CCN1c1ccccc1. The van der Waals surface area contributed by atoms with E-state index in [1.54, 1.807) is 17.0 Å². The molecule has 35 heavy (non-hydrogen) atoms. The lowest BCUT2D eigenvalue weighted by Crippen LogP contribution is -2.32. The van der Waals surface area contributed by atoms with Crippen LogP contribution in [0.4, 0.5) is 5.69 Å². The number of anilines is 1. The fourth-order valence-electron chi connectivity index (χ4n) is 3.92. The lowest BCUT2D eigenvalue weighted by molar-refractivity contribution is -0.122. The molecule has 3 aromatic carbocycles. The summed E-state index contributed by atoms with van der Waals surface area (Å²) in [6.45, 7) is 1.31. The summed E-state index contributed by atoms with van der Waals surface area (Å²) in [5.74, 6) is 1.06. The number of para-hydroxylation sites is 1. The molecule has 1 aliphatic heterocycles. The quantitative estimate of drug-likeness (QED) is 0.329. The maximum atomic E-state index is 13.0. The fraction of sp³-hybridized carbons (Fsp3) is 0.172. The highest BCUT2D eigenvalue weighted by molar-refractivity contribution is 5.99. The second-order valence-electron chi connectivity index (χ2n) is 8.22. The molecule has 1 fully saturated rings. The van der Waals surface area contributed by atoms with E-state index >= 15 is 0 Å². The summed E-state index contributed by atoms with van der Waals surface area (Å²) < 4.78 is 18.1. The molecule has 0 radical (unpaired) electrons. The van der Waals surface area contributed by atoms with E-state index in [-0.39, 0.29) is 5.91 Å². The lowest BCUT2D eigenvalue weighted by atomic mass is 10.2. The Kier molecular flexibility index (Phi) is 6.89. The second kappa shape index (κ2) is 10.7. The third-order valence-corrected chi connectivity index (χ3v) is 5.74. The van der Waals surface area contributed by atoms with Gasteiger partial charge in [0.2, 0.25) is 5.88 Å². The Bertz CT molecular complexity index is 1250. The molecule has 1 aliphatic rings. The first-order valence-electron chi connectivity index (χ1n) is 11.6. The maximum absolute atomic E-state index is 13.0. The first-order chi connectivity index (χ1) is 17.3. The number of ether oxygens (including phenoxy) is 3. The maximum Gasteiger partial charge on any atom is 0.268 e. The number of aromatic nitrogens is 1. The minimum Gasteiger partial charge on any atom is -0.475 e. The van der Waals surface area contributed by atoms with Crippen LogP contribution in [0.25, 0.3) is 0 Å². The Morgan fingerprint density at radius 1 is 0.743 bits per heavy atom. The van der Waals surface area contributed by atoms with E-state index in [9.17, 15) is 4.79 Å². The van der Waals surface area contributed by atoms with E-state index in [2.05, 4.69) is 4.98 Å². The molecule has 1 unspecified atom stereocenters. The molecule has 2 heterocycles. The monoisotopic (exact) mass is 466 g/mol. The van der Waals surface area contributed by atoms with Gasteiger partial charge in [0.25, 0.3) is 11.8 Å². The van der Waals surface area contributed by atoms with Gasteiger partial charge >= 0.3 is 0 Å². The normalized spacial score (nSPS) is 15.1. The molecule has 0 aliphatic carbocycles. The van der Waals surface area contributed by atoms with E-state index in [0.717, 1.165) is 16.8 Å². The van der Waals surface area contributed by atoms with Crippen molar-refractivity contribution in [2.45, 2.75) is 25.7 Å². The van der Waals surface area contributed by atoms with Gasteiger partial charge in [-0.25, -0.2) is 0 Å². The van der Waals surface area contributed by atoms with Crippen molar-refractivity contribution in [1.29, 1.82) is 0 Å². The minimum atomic E-state index is -0.604. The lowest BCUT2D eigenvalue weighted by Gasteiger charge is -2.18. The Hall–Kier alpha value is -4.32. The van der Waals surface area contributed by atoms with Gasteiger partial charge in [-0.2, -0.15) is 4.98 Å². The van der Waals surface area contributed by atoms with E-state index in [4.69, 9.17) is 14.2 Å². The van der Waals surface area contributed by atoms with E-state index in [1.165, 1.54) is 0 Å². The van der Waals surface area contributed by atoms with Crippen LogP contribution in [0.3, 0.4) is 0 Å². The zero-order valence-corrected chi connectivity index (χ0v) is 19.2. The molecule has 5 rings (SSSR count). The number of hydrogen-bond donors (Lipinski definition) is 0. The van der Waals surface area contributed by atoms with Crippen molar-refractivity contribution in [1.82, 2.24) is 4.98 Å². The average Bonchev–Trinajstić information content (AvgIpc) is 3.28. The first kappa shape index (κ1) is 22.5. The Morgan fingerprint density at radius 2 is 1.34 bits per heavy atom. The fourth-order valence-corrected chi connectivity index (χ4v) is 3.92. The highest BCUT2D eigenvalue weighted by Gasteiger charge is 2.35. The van der Waals surface area contributed by atoms with Crippen LogP contribution in [0.5, 0.6) is 17.5 Å². The summed E-state index contributed by atoms with van der Waals surface area (Å²) >= 11 is 0. The Balaban J connectivity index is 1.32. The number of carbonyl (C=O) groups excluding carboxylic acids is 1. The average molecular weight is 467 g/mol. The second-order valence-corrected chi connectivity index (χ2v) is 8.22. The highest BCUT2D eigenvalue weighted by Crippen LogP contribution is 2.32. The zero-order chi connectivity index (χ0) is 23.9. The molecule has 0 bridgehead atoms. The number of benzene rings is 3. The van der Waals surface area contributed by atoms with E-state index in [1.807, 2.05) is 91.0 Å². The number of nitrogens with zero attached hydrogens (tertiary/aromatic N) is 2. The number of pyridine rings is 1. The Labute approximate surface area is 204 Å². The van der Waals surface area contributed by atoms with Gasteiger partial charge in [-0.1, -0.05) is 78.9 Å². The number of hydrogen-bond acceptors (Lipinski definition) is 5. The highest BCUT2D eigenvalue weighted by atomic mass is 16.5. The standard InChI is InChI=1S/C29H26N2O4/c32-29-26(18-19-31(29)24-14-8-3-9-15-24)35-25-16-17-27(33-20-22-10-4-1-5-11-22)30-28(25)34-21-23-12-6-2-7-13-23/h1-17,26H,18-21H2. The van der Waals surface area contributed by atoms with Crippen LogP contribution in [0.15, 0.2) is 103 Å². The van der Waals surface area contributed by atoms with E-state index < -0.39 is 6.10 Å². The molecular formula is C29H26N2O4. The molecule has 1 saturated heterocycles. The van der Waals surface area contributed by atoms with Crippen molar-refractivity contribution in [3.8, 4) is 17.5 Å². The minimum absolute atomic E-state index is 0.0744. The van der Waals surface area contributed by atoms with Gasteiger partial charge in [0, 0.05) is 24.7 Å². The van der Waals surface area contributed by atoms with Gasteiger partial charge in [-0.05, 0) is 29.3 Å². The molecule has 1 aromatic heterocycles. The molecule has 6 heteroatoms. The molecule has 4 aromatic rings. The molecule has 0 N–H and O–H groups in total. The molecule has 1 amide bonds. The van der Waals surface area contributed by atoms with Crippen LogP contribution in [0.2, 0.25) is 0 Å². The molecule has 176 valence electrons. The van der Waals surface area contributed by atoms with Gasteiger partial charge in [0.05, 0.1) is 0 Å².